The Morgan fingerprint density at radius 3 is 2.35 bits per heavy atom. The molecular weight excluding hydrogens is 474 g/mol. The number of nitrogens with one attached hydrogen (secondary N) is 2. The predicted octanol–water partition coefficient (Wildman–Crippen LogP) is 4.58. The molecule has 3 rings (SSSR count). The lowest BCUT2D eigenvalue weighted by Gasteiger charge is -2.12. The van der Waals surface area contributed by atoms with Gasteiger partial charge in [0.15, 0.2) is 29.6 Å². The zero-order chi connectivity index (χ0) is 26.6. The fraction of sp³-hybridized carbons (Fsp3) is 0.250. The monoisotopic (exact) mass is 505 g/mol. The summed E-state index contributed by atoms with van der Waals surface area (Å²) in [5.41, 5.74) is 5.28. The zero-order valence-electron chi connectivity index (χ0n) is 21.4. The van der Waals surface area contributed by atoms with Crippen molar-refractivity contribution in [3.8, 4) is 23.0 Å². The Kier molecular flexibility index (Phi) is 9.90. The van der Waals surface area contributed by atoms with Crippen molar-refractivity contribution >= 4 is 23.7 Å². The van der Waals surface area contributed by atoms with Crippen molar-refractivity contribution in [2.45, 2.75) is 20.3 Å². The zero-order valence-corrected chi connectivity index (χ0v) is 21.4. The van der Waals surface area contributed by atoms with Crippen LogP contribution in [-0.4, -0.2) is 45.5 Å². The first kappa shape index (κ1) is 27.1. The third-order valence-corrected chi connectivity index (χ3v) is 5.12. The molecule has 0 radical (unpaired) electrons. The van der Waals surface area contributed by atoms with Crippen LogP contribution in [0.25, 0.3) is 0 Å². The number of aryl methyl sites for hydroxylation is 1. The Morgan fingerprint density at radius 2 is 1.62 bits per heavy atom. The summed E-state index contributed by atoms with van der Waals surface area (Å²) in [6.07, 6.45) is 2.34. The summed E-state index contributed by atoms with van der Waals surface area (Å²) in [5.74, 6) is 1.18. The van der Waals surface area contributed by atoms with Crippen LogP contribution in [0.2, 0.25) is 0 Å². The van der Waals surface area contributed by atoms with Gasteiger partial charge in [-0.25, -0.2) is 5.43 Å². The largest absolute Gasteiger partial charge is 0.493 e. The molecule has 0 spiro atoms. The van der Waals surface area contributed by atoms with Gasteiger partial charge in [-0.1, -0.05) is 19.1 Å². The van der Waals surface area contributed by atoms with Crippen molar-refractivity contribution in [1.82, 2.24) is 5.43 Å². The van der Waals surface area contributed by atoms with Gasteiger partial charge in [-0.15, -0.1) is 0 Å². The van der Waals surface area contributed by atoms with E-state index in [0.717, 1.165) is 12.0 Å². The van der Waals surface area contributed by atoms with E-state index in [4.69, 9.17) is 18.9 Å². The van der Waals surface area contributed by atoms with Gasteiger partial charge < -0.3 is 24.3 Å². The lowest BCUT2D eigenvalue weighted by atomic mass is 10.2. The molecule has 0 unspecified atom stereocenters. The molecule has 0 atom stereocenters. The van der Waals surface area contributed by atoms with Crippen LogP contribution in [0.5, 0.6) is 23.0 Å². The normalized spacial score (nSPS) is 10.6. The number of ether oxygens (including phenoxy) is 4. The first-order chi connectivity index (χ1) is 17.9. The van der Waals surface area contributed by atoms with Gasteiger partial charge >= 0.3 is 0 Å². The molecule has 194 valence electrons. The molecule has 0 heterocycles. The second-order valence-corrected chi connectivity index (χ2v) is 8.03. The highest BCUT2D eigenvalue weighted by molar-refractivity contribution is 5.95. The topological polar surface area (TPSA) is 107 Å². The van der Waals surface area contributed by atoms with Crippen LogP contribution >= 0.6 is 0 Å². The molecule has 37 heavy (non-hydrogen) atoms. The number of hydrogen-bond donors (Lipinski definition) is 2. The predicted molar refractivity (Wildman–Crippen MR) is 142 cm³/mol. The van der Waals surface area contributed by atoms with Gasteiger partial charge in [-0.2, -0.15) is 5.10 Å². The fourth-order valence-electron chi connectivity index (χ4n) is 3.32. The van der Waals surface area contributed by atoms with E-state index >= 15 is 0 Å². The number of carbonyl (C=O) groups excluding carboxylic acids is 2. The van der Waals surface area contributed by atoms with E-state index in [1.165, 1.54) is 20.4 Å². The number of anilines is 1. The number of hydrazone groups is 1. The van der Waals surface area contributed by atoms with E-state index in [9.17, 15) is 9.59 Å². The quantitative estimate of drug-likeness (QED) is 0.276. The maximum Gasteiger partial charge on any atom is 0.271 e. The Balaban J connectivity index is 1.57. The van der Waals surface area contributed by atoms with Crippen molar-refractivity contribution in [1.29, 1.82) is 0 Å². The van der Waals surface area contributed by atoms with Crippen molar-refractivity contribution in [3.63, 3.8) is 0 Å². The van der Waals surface area contributed by atoms with Crippen molar-refractivity contribution in [3.05, 3.63) is 77.4 Å². The SMILES string of the molecule is CCCOc1ccc(C(=O)N/N=C/c2ccc(OCC(=O)Nc3cccc(C)c3)c(OC)c2)cc1OC. The Bertz CT molecular complexity index is 1260. The Morgan fingerprint density at radius 1 is 0.892 bits per heavy atom. The highest BCUT2D eigenvalue weighted by Gasteiger charge is 2.12. The van der Waals surface area contributed by atoms with E-state index < -0.39 is 5.91 Å². The molecule has 2 amide bonds. The van der Waals surface area contributed by atoms with Crippen LogP contribution in [0.4, 0.5) is 5.69 Å². The highest BCUT2D eigenvalue weighted by Crippen LogP contribution is 2.29. The number of amides is 2. The van der Waals surface area contributed by atoms with Crippen molar-refractivity contribution < 1.29 is 28.5 Å². The average Bonchev–Trinajstić information content (AvgIpc) is 2.90. The molecule has 0 saturated heterocycles. The van der Waals surface area contributed by atoms with Gasteiger partial charge in [0.2, 0.25) is 0 Å². The van der Waals surface area contributed by atoms with Crippen molar-refractivity contribution in [2.24, 2.45) is 5.10 Å². The Labute approximate surface area is 216 Å². The van der Waals surface area contributed by atoms with Gasteiger partial charge in [-0.3, -0.25) is 9.59 Å². The molecule has 3 aromatic carbocycles. The second kappa shape index (κ2) is 13.5. The molecule has 0 fully saturated rings. The number of benzene rings is 3. The first-order valence-corrected chi connectivity index (χ1v) is 11.7. The average molecular weight is 506 g/mol. The van der Waals surface area contributed by atoms with Gasteiger partial charge in [0.05, 0.1) is 27.0 Å². The highest BCUT2D eigenvalue weighted by atomic mass is 16.5. The standard InChI is InChI=1S/C28H31N3O6/c1-5-13-36-23-12-10-21(16-26(23)35-4)28(33)31-29-17-20-9-11-24(25(15-20)34-3)37-18-27(32)30-22-8-6-7-19(2)14-22/h6-12,14-17H,5,13,18H2,1-4H3,(H,30,32)(H,31,33)/b29-17+. The molecule has 3 aromatic rings. The molecule has 9 heteroatoms. The molecule has 0 aliphatic heterocycles. The minimum absolute atomic E-state index is 0.181. The van der Waals surface area contributed by atoms with Gasteiger partial charge in [0.1, 0.15) is 0 Å². The molecule has 2 N–H and O–H groups in total. The molecule has 0 aromatic heterocycles. The van der Waals surface area contributed by atoms with Gasteiger partial charge in [0, 0.05) is 11.3 Å². The number of nitrogens with zero attached hydrogens (tertiary/aromatic N) is 1. The minimum Gasteiger partial charge on any atom is -0.493 e. The van der Waals surface area contributed by atoms with Crippen LogP contribution in [0.1, 0.15) is 34.8 Å². The van der Waals surface area contributed by atoms with Gasteiger partial charge in [0.25, 0.3) is 11.8 Å². The lowest BCUT2D eigenvalue weighted by Crippen LogP contribution is -2.20. The summed E-state index contributed by atoms with van der Waals surface area (Å²) in [6.45, 7) is 4.33. The van der Waals surface area contributed by atoms with E-state index in [0.29, 0.717) is 46.4 Å². The molecule has 9 nitrogen and oxygen atoms in total. The van der Waals surface area contributed by atoms with Crippen LogP contribution in [0.15, 0.2) is 65.8 Å². The van der Waals surface area contributed by atoms with Crippen molar-refractivity contribution in [2.75, 3.05) is 32.8 Å². The minimum atomic E-state index is -0.400. The molecule has 0 aliphatic rings. The molecule has 0 bridgehead atoms. The molecule has 0 aliphatic carbocycles. The van der Waals surface area contributed by atoms with E-state index in [-0.39, 0.29) is 12.5 Å². The fourth-order valence-corrected chi connectivity index (χ4v) is 3.32. The van der Waals surface area contributed by atoms with Crippen LogP contribution in [0, 0.1) is 6.92 Å². The first-order valence-electron chi connectivity index (χ1n) is 11.7. The van der Waals surface area contributed by atoms with Crippen LogP contribution in [0.3, 0.4) is 0 Å². The summed E-state index contributed by atoms with van der Waals surface area (Å²) < 4.78 is 21.9. The number of rotatable bonds is 12. The third-order valence-electron chi connectivity index (χ3n) is 5.12. The van der Waals surface area contributed by atoms with Crippen LogP contribution in [-0.2, 0) is 4.79 Å². The summed E-state index contributed by atoms with van der Waals surface area (Å²) >= 11 is 0. The Hall–Kier alpha value is -4.53. The third kappa shape index (κ3) is 7.99. The maximum atomic E-state index is 12.5. The number of hydrogen-bond acceptors (Lipinski definition) is 7. The van der Waals surface area contributed by atoms with Crippen LogP contribution < -0.4 is 29.7 Å². The number of methoxy groups -OCH3 is 2. The smallest absolute Gasteiger partial charge is 0.271 e. The number of carbonyl (C=O) groups is 2. The summed E-state index contributed by atoms with van der Waals surface area (Å²) in [7, 11) is 3.02. The molecule has 0 saturated carbocycles. The van der Waals surface area contributed by atoms with E-state index in [2.05, 4.69) is 15.8 Å². The van der Waals surface area contributed by atoms with E-state index in [1.54, 1.807) is 36.4 Å². The lowest BCUT2D eigenvalue weighted by molar-refractivity contribution is -0.118. The van der Waals surface area contributed by atoms with Gasteiger partial charge in [-0.05, 0) is 73.0 Å². The maximum absolute atomic E-state index is 12.5. The second-order valence-electron chi connectivity index (χ2n) is 8.03. The molecular formula is C28H31N3O6. The van der Waals surface area contributed by atoms with E-state index in [1.807, 2.05) is 38.1 Å². The summed E-state index contributed by atoms with van der Waals surface area (Å²) in [5, 5.41) is 6.81. The summed E-state index contributed by atoms with van der Waals surface area (Å²) in [6, 6.07) is 17.5. The summed E-state index contributed by atoms with van der Waals surface area (Å²) in [4.78, 5) is 24.7.